The van der Waals surface area contributed by atoms with Crippen LogP contribution in [0.5, 0.6) is 11.5 Å². The van der Waals surface area contributed by atoms with Crippen molar-refractivity contribution >= 4 is 17.4 Å². The molecule has 0 radical (unpaired) electrons. The average molecular weight is 453 g/mol. The molecule has 1 fully saturated rings. The Morgan fingerprint density at radius 3 is 2.45 bits per heavy atom. The van der Waals surface area contributed by atoms with Gasteiger partial charge < -0.3 is 24.4 Å². The number of methoxy groups -OCH3 is 1. The Balaban J connectivity index is 2.10. The van der Waals surface area contributed by atoms with Crippen molar-refractivity contribution in [3.05, 3.63) is 65.2 Å². The summed E-state index contributed by atoms with van der Waals surface area (Å²) in [6, 6.07) is 13.4. The lowest BCUT2D eigenvalue weighted by molar-refractivity contribution is -0.139. The number of nitrogens with zero attached hydrogens (tertiary/aromatic N) is 2. The average Bonchev–Trinajstić information content (AvgIpc) is 3.03. The topological polar surface area (TPSA) is 79.3 Å². The van der Waals surface area contributed by atoms with E-state index in [1.807, 2.05) is 45.0 Å². The minimum absolute atomic E-state index is 0.0403. The molecule has 2 aromatic rings. The van der Waals surface area contributed by atoms with E-state index in [2.05, 4.69) is 0 Å². The number of carbonyl (C=O) groups excluding carboxylic acids is 2. The van der Waals surface area contributed by atoms with E-state index in [0.29, 0.717) is 35.6 Å². The van der Waals surface area contributed by atoms with Crippen LogP contribution in [0.2, 0.25) is 0 Å². The molecule has 1 heterocycles. The van der Waals surface area contributed by atoms with Crippen LogP contribution in [0.25, 0.3) is 5.76 Å². The zero-order valence-electron chi connectivity index (χ0n) is 19.9. The predicted octanol–water partition coefficient (Wildman–Crippen LogP) is 3.86. The largest absolute Gasteiger partial charge is 0.507 e. The monoisotopic (exact) mass is 452 g/mol. The highest BCUT2D eigenvalue weighted by atomic mass is 16.5. The maximum atomic E-state index is 13.1. The van der Waals surface area contributed by atoms with Gasteiger partial charge in [0.15, 0.2) is 0 Å². The molecule has 176 valence electrons. The first kappa shape index (κ1) is 24.3. The molecule has 1 unspecified atom stereocenters. The quantitative estimate of drug-likeness (QED) is 0.354. The third kappa shape index (κ3) is 5.54. The number of amides is 1. The van der Waals surface area contributed by atoms with Crippen LogP contribution >= 0.6 is 0 Å². The zero-order valence-corrected chi connectivity index (χ0v) is 19.9. The van der Waals surface area contributed by atoms with Crippen LogP contribution in [0, 0.1) is 0 Å². The van der Waals surface area contributed by atoms with Gasteiger partial charge in [0.25, 0.3) is 11.7 Å². The Bertz CT molecular complexity index is 1040. The first-order valence-corrected chi connectivity index (χ1v) is 11.1. The molecular weight excluding hydrogens is 420 g/mol. The van der Waals surface area contributed by atoms with Crippen LogP contribution in [-0.2, 0) is 9.59 Å². The van der Waals surface area contributed by atoms with Gasteiger partial charge in [0.2, 0.25) is 0 Å². The molecular formula is C26H32N2O5. The zero-order chi connectivity index (χ0) is 24.1. The summed E-state index contributed by atoms with van der Waals surface area (Å²) in [7, 11) is 5.48. The van der Waals surface area contributed by atoms with E-state index >= 15 is 0 Å². The molecule has 1 amide bonds. The molecule has 0 bridgehead atoms. The Morgan fingerprint density at radius 2 is 1.79 bits per heavy atom. The lowest BCUT2D eigenvalue weighted by Gasteiger charge is -2.26. The number of aliphatic hydroxyl groups is 1. The molecule has 2 aromatic carbocycles. The number of carbonyl (C=O) groups is 2. The van der Waals surface area contributed by atoms with Gasteiger partial charge in [-0.3, -0.25) is 9.59 Å². The van der Waals surface area contributed by atoms with Gasteiger partial charge in [-0.25, -0.2) is 0 Å². The fourth-order valence-corrected chi connectivity index (χ4v) is 3.97. The van der Waals surface area contributed by atoms with Gasteiger partial charge in [-0.05, 0) is 70.7 Å². The summed E-state index contributed by atoms with van der Waals surface area (Å²) in [6.45, 7) is 4.98. The molecule has 0 aromatic heterocycles. The molecule has 3 rings (SSSR count). The van der Waals surface area contributed by atoms with Gasteiger partial charge in [-0.1, -0.05) is 24.3 Å². The van der Waals surface area contributed by atoms with Crippen molar-refractivity contribution in [2.75, 3.05) is 34.3 Å². The van der Waals surface area contributed by atoms with E-state index in [0.717, 1.165) is 6.54 Å². The summed E-state index contributed by atoms with van der Waals surface area (Å²) in [5, 5.41) is 11.2. The Kier molecular flexibility index (Phi) is 7.76. The van der Waals surface area contributed by atoms with Crippen molar-refractivity contribution in [2.24, 2.45) is 0 Å². The minimum Gasteiger partial charge on any atom is -0.507 e. The lowest BCUT2D eigenvalue weighted by Crippen LogP contribution is -2.32. The number of hydrogen-bond donors (Lipinski definition) is 1. The van der Waals surface area contributed by atoms with Crippen LogP contribution in [0.4, 0.5) is 0 Å². The summed E-state index contributed by atoms with van der Waals surface area (Å²) in [5.74, 6) is -0.338. The number of rotatable bonds is 9. The summed E-state index contributed by atoms with van der Waals surface area (Å²) in [4.78, 5) is 29.8. The van der Waals surface area contributed by atoms with Crippen molar-refractivity contribution < 1.29 is 24.2 Å². The number of likely N-dealkylation sites (tertiary alicyclic amines) is 1. The van der Waals surface area contributed by atoms with E-state index in [1.54, 1.807) is 48.4 Å². The van der Waals surface area contributed by atoms with Crippen molar-refractivity contribution in [2.45, 2.75) is 32.4 Å². The second kappa shape index (κ2) is 10.5. The van der Waals surface area contributed by atoms with Crippen molar-refractivity contribution in [1.29, 1.82) is 0 Å². The molecule has 0 saturated carbocycles. The Labute approximate surface area is 195 Å². The highest BCUT2D eigenvalue weighted by Crippen LogP contribution is 2.40. The van der Waals surface area contributed by atoms with E-state index in [9.17, 15) is 14.7 Å². The van der Waals surface area contributed by atoms with E-state index in [-0.39, 0.29) is 17.4 Å². The summed E-state index contributed by atoms with van der Waals surface area (Å²) in [5.41, 5.74) is 1.20. The predicted molar refractivity (Wildman–Crippen MR) is 127 cm³/mol. The standard InChI is InChI=1S/C26H32N2O5/c1-17(2)33-21-12-7-10-19(16-21)24(29)22-23(18-9-6-11-20(15-18)32-5)28(26(31)25(22)30)14-8-13-27(3)4/h6-7,9-12,15-17,23,29H,8,13-14H2,1-5H3/b24-22-. The SMILES string of the molecule is COc1cccc(C2/C(=C(/O)c3cccc(OC(C)C)c3)C(=O)C(=O)N2CCCN(C)C)c1. The molecule has 1 saturated heterocycles. The number of ketones is 1. The molecule has 1 aliphatic heterocycles. The number of benzene rings is 2. The van der Waals surface area contributed by atoms with Crippen molar-refractivity contribution in [3.63, 3.8) is 0 Å². The second-order valence-corrected chi connectivity index (χ2v) is 8.62. The smallest absolute Gasteiger partial charge is 0.295 e. The van der Waals surface area contributed by atoms with Crippen LogP contribution in [0.1, 0.15) is 37.4 Å². The molecule has 0 aliphatic carbocycles. The first-order valence-electron chi connectivity index (χ1n) is 11.1. The number of Topliss-reactive ketones (excluding diaryl/α,β-unsaturated/α-hetero) is 1. The first-order chi connectivity index (χ1) is 15.7. The normalized spacial score (nSPS) is 17.8. The Morgan fingerprint density at radius 1 is 1.09 bits per heavy atom. The van der Waals surface area contributed by atoms with Gasteiger partial charge in [-0.15, -0.1) is 0 Å². The fraction of sp³-hybridized carbons (Fsp3) is 0.385. The molecule has 33 heavy (non-hydrogen) atoms. The molecule has 0 spiro atoms. The fourth-order valence-electron chi connectivity index (χ4n) is 3.97. The number of aliphatic hydroxyl groups excluding tert-OH is 1. The van der Waals surface area contributed by atoms with E-state index in [4.69, 9.17) is 9.47 Å². The highest BCUT2D eigenvalue weighted by Gasteiger charge is 2.45. The van der Waals surface area contributed by atoms with Gasteiger partial charge in [0.1, 0.15) is 17.3 Å². The van der Waals surface area contributed by atoms with E-state index in [1.165, 1.54) is 0 Å². The van der Waals surface area contributed by atoms with Crippen LogP contribution in [-0.4, -0.2) is 67.0 Å². The van der Waals surface area contributed by atoms with Gasteiger partial charge in [-0.2, -0.15) is 0 Å². The van der Waals surface area contributed by atoms with Gasteiger partial charge in [0, 0.05) is 12.1 Å². The maximum Gasteiger partial charge on any atom is 0.295 e. The number of ether oxygens (including phenoxy) is 2. The second-order valence-electron chi connectivity index (χ2n) is 8.62. The molecule has 1 atom stereocenters. The van der Waals surface area contributed by atoms with Gasteiger partial charge >= 0.3 is 0 Å². The summed E-state index contributed by atoms with van der Waals surface area (Å²) < 4.78 is 11.1. The summed E-state index contributed by atoms with van der Waals surface area (Å²) >= 11 is 0. The van der Waals surface area contributed by atoms with Crippen molar-refractivity contribution in [1.82, 2.24) is 9.80 Å². The maximum absolute atomic E-state index is 13.1. The summed E-state index contributed by atoms with van der Waals surface area (Å²) in [6.07, 6.45) is 0.652. The third-order valence-corrected chi connectivity index (χ3v) is 5.43. The molecule has 7 heteroatoms. The van der Waals surface area contributed by atoms with Crippen LogP contribution < -0.4 is 9.47 Å². The highest BCUT2D eigenvalue weighted by molar-refractivity contribution is 6.46. The molecule has 1 N–H and O–H groups in total. The van der Waals surface area contributed by atoms with Crippen LogP contribution in [0.3, 0.4) is 0 Å². The third-order valence-electron chi connectivity index (χ3n) is 5.43. The lowest BCUT2D eigenvalue weighted by atomic mass is 9.95. The van der Waals surface area contributed by atoms with E-state index < -0.39 is 17.7 Å². The molecule has 7 nitrogen and oxygen atoms in total. The van der Waals surface area contributed by atoms with Crippen LogP contribution in [0.15, 0.2) is 54.1 Å². The molecule has 1 aliphatic rings. The van der Waals surface area contributed by atoms with Crippen molar-refractivity contribution in [3.8, 4) is 11.5 Å². The minimum atomic E-state index is -0.711. The Hall–Kier alpha value is -3.32. The number of hydrogen-bond acceptors (Lipinski definition) is 6. The van der Waals surface area contributed by atoms with Gasteiger partial charge in [0.05, 0.1) is 24.8 Å².